The maximum Gasteiger partial charge on any atom is 0.442 e. The minimum atomic E-state index is -6.10. The van der Waals surface area contributed by atoms with Crippen molar-refractivity contribution in [3.8, 4) is 0 Å². The molecule has 0 aromatic rings. The van der Waals surface area contributed by atoms with Crippen LogP contribution < -0.4 is 0 Å². The summed E-state index contributed by atoms with van der Waals surface area (Å²) in [7, 11) is -6.10. The van der Waals surface area contributed by atoms with Crippen molar-refractivity contribution in [3.63, 3.8) is 0 Å². The van der Waals surface area contributed by atoms with Crippen LogP contribution in [-0.4, -0.2) is 20.7 Å². The van der Waals surface area contributed by atoms with E-state index >= 15 is 0 Å². The summed E-state index contributed by atoms with van der Waals surface area (Å²) in [6.07, 6.45) is -13.3. The average molecular weight is 232 g/mol. The van der Waals surface area contributed by atoms with Crippen molar-refractivity contribution in [1.82, 2.24) is 0 Å². The van der Waals surface area contributed by atoms with Gasteiger partial charge in [0.2, 0.25) is 0 Å². The maximum atomic E-state index is 11.9. The fourth-order valence-corrected chi connectivity index (χ4v) is 0.759. The zero-order chi connectivity index (χ0) is 10.9. The van der Waals surface area contributed by atoms with Gasteiger partial charge in [-0.3, -0.25) is 0 Å². The maximum absolute atomic E-state index is 11.9. The second-order valence-corrected chi connectivity index (χ2v) is 2.86. The van der Waals surface area contributed by atoms with Crippen LogP contribution in [0.3, 0.4) is 0 Å². The predicted octanol–water partition coefficient (Wildman–Crippen LogP) is 1.76. The first kappa shape index (κ1) is 12.5. The predicted molar refractivity (Wildman–Crippen MR) is 26.7 cm³/mol. The lowest BCUT2D eigenvalue weighted by molar-refractivity contribution is -0.254. The Kier molecular flexibility index (Phi) is 3.20. The Morgan fingerprint density at radius 2 is 1.46 bits per heavy atom. The Bertz CT molecular complexity index is 265. The molecular weight excluding hydrogens is 230 g/mol. The van der Waals surface area contributed by atoms with E-state index in [1.807, 2.05) is 0 Å². The number of hydrogen-bond donors (Lipinski definition) is 0. The Hall–Kier alpha value is -0.510. The first-order chi connectivity index (χ1) is 5.41. The molecule has 0 aliphatic carbocycles. The van der Waals surface area contributed by atoms with Gasteiger partial charge in [0.25, 0.3) is 0 Å². The SMILES string of the molecule is O=S(=O)(F)OC(F)(F)CC(F)(F)F. The Morgan fingerprint density at radius 1 is 1.08 bits per heavy atom. The smallest absolute Gasteiger partial charge is 0.174 e. The van der Waals surface area contributed by atoms with E-state index in [4.69, 9.17) is 0 Å². The Balaban J connectivity index is 4.43. The lowest BCUT2D eigenvalue weighted by Crippen LogP contribution is -2.30. The highest BCUT2D eigenvalue weighted by Crippen LogP contribution is 2.33. The van der Waals surface area contributed by atoms with Gasteiger partial charge in [0, 0.05) is 0 Å². The molecule has 0 spiro atoms. The summed E-state index contributed by atoms with van der Waals surface area (Å²) < 4.78 is 89.9. The van der Waals surface area contributed by atoms with Crippen molar-refractivity contribution in [1.29, 1.82) is 0 Å². The quantitative estimate of drug-likeness (QED) is 0.550. The highest BCUT2D eigenvalue weighted by molar-refractivity contribution is 7.81. The number of hydrogen-bond acceptors (Lipinski definition) is 3. The van der Waals surface area contributed by atoms with Crippen molar-refractivity contribution in [3.05, 3.63) is 0 Å². The van der Waals surface area contributed by atoms with Crippen molar-refractivity contribution < 1.29 is 38.4 Å². The van der Waals surface area contributed by atoms with Gasteiger partial charge in [-0.05, 0) is 0 Å². The lowest BCUT2D eigenvalue weighted by atomic mass is 10.4. The van der Waals surface area contributed by atoms with Crippen LogP contribution in [-0.2, 0) is 14.7 Å². The highest BCUT2D eigenvalue weighted by Gasteiger charge is 2.48. The monoisotopic (exact) mass is 232 g/mol. The first-order valence-electron chi connectivity index (χ1n) is 2.51. The second kappa shape index (κ2) is 3.33. The minimum absolute atomic E-state index is 2.25. The van der Waals surface area contributed by atoms with E-state index in [0.717, 1.165) is 0 Å². The van der Waals surface area contributed by atoms with E-state index in [9.17, 15) is 34.3 Å². The van der Waals surface area contributed by atoms with Crippen LogP contribution in [0.1, 0.15) is 6.42 Å². The molecule has 0 saturated carbocycles. The van der Waals surface area contributed by atoms with E-state index in [-0.39, 0.29) is 0 Å². The fraction of sp³-hybridized carbons (Fsp3) is 1.00. The van der Waals surface area contributed by atoms with Crippen molar-refractivity contribution in [2.24, 2.45) is 0 Å². The zero-order valence-electron chi connectivity index (χ0n) is 5.61. The summed E-state index contributed by atoms with van der Waals surface area (Å²) in [6, 6.07) is 0. The standard InChI is InChI=1S/C3H2F6O3S/c4-2(5,6)1-3(7,8)12-13(9,10)11/h1H2. The van der Waals surface area contributed by atoms with Crippen molar-refractivity contribution >= 4 is 10.5 Å². The van der Waals surface area contributed by atoms with Crippen LogP contribution in [0.2, 0.25) is 0 Å². The highest BCUT2D eigenvalue weighted by atomic mass is 32.3. The van der Waals surface area contributed by atoms with Crippen LogP contribution in [0.15, 0.2) is 0 Å². The number of rotatable bonds is 3. The summed E-state index contributed by atoms with van der Waals surface area (Å²) in [6.45, 7) is 0. The van der Waals surface area contributed by atoms with E-state index in [1.165, 1.54) is 0 Å². The van der Waals surface area contributed by atoms with Crippen LogP contribution in [0, 0.1) is 0 Å². The average Bonchev–Trinajstić information content (AvgIpc) is 1.43. The molecule has 0 N–H and O–H groups in total. The minimum Gasteiger partial charge on any atom is -0.174 e. The second-order valence-electron chi connectivity index (χ2n) is 1.91. The van der Waals surface area contributed by atoms with Gasteiger partial charge in [0.15, 0.2) is 0 Å². The van der Waals surface area contributed by atoms with E-state index in [0.29, 0.717) is 0 Å². The largest absolute Gasteiger partial charge is 0.442 e. The molecular formula is C3H2F6O3S. The van der Waals surface area contributed by atoms with Crippen LogP contribution in [0.4, 0.5) is 25.8 Å². The molecule has 0 radical (unpaired) electrons. The first-order valence-corrected chi connectivity index (χ1v) is 3.82. The molecule has 10 heteroatoms. The third-order valence-electron chi connectivity index (χ3n) is 0.628. The summed E-state index contributed by atoms with van der Waals surface area (Å²) >= 11 is 0. The van der Waals surface area contributed by atoms with Gasteiger partial charge in [-0.1, -0.05) is 3.89 Å². The third-order valence-corrected chi connectivity index (χ3v) is 1.07. The molecule has 13 heavy (non-hydrogen) atoms. The summed E-state index contributed by atoms with van der Waals surface area (Å²) in [5, 5.41) is 0. The molecule has 0 heterocycles. The van der Waals surface area contributed by atoms with Crippen molar-refractivity contribution in [2.45, 2.75) is 18.7 Å². The molecule has 80 valence electrons. The molecule has 0 rings (SSSR count). The van der Waals surface area contributed by atoms with Crippen LogP contribution >= 0.6 is 0 Å². The summed E-state index contributed by atoms with van der Waals surface area (Å²) in [5.74, 6) is 0. The van der Waals surface area contributed by atoms with Crippen LogP contribution in [0.5, 0.6) is 0 Å². The molecule has 0 aliphatic rings. The number of alkyl halides is 5. The van der Waals surface area contributed by atoms with Gasteiger partial charge in [-0.15, -0.1) is 0 Å². The summed E-state index contributed by atoms with van der Waals surface area (Å²) in [4.78, 5) is 0. The van der Waals surface area contributed by atoms with E-state index < -0.39 is 29.2 Å². The summed E-state index contributed by atoms with van der Waals surface area (Å²) in [5.41, 5.74) is 0. The topological polar surface area (TPSA) is 43.4 Å². The van der Waals surface area contributed by atoms with E-state index in [2.05, 4.69) is 4.18 Å². The Labute approximate surface area is 68.7 Å². The molecule has 0 bridgehead atoms. The normalized spacial score (nSPS) is 14.6. The Morgan fingerprint density at radius 3 is 1.69 bits per heavy atom. The van der Waals surface area contributed by atoms with Crippen molar-refractivity contribution in [2.75, 3.05) is 0 Å². The van der Waals surface area contributed by atoms with Gasteiger partial charge in [-0.2, -0.15) is 34.6 Å². The third kappa shape index (κ3) is 7.84. The fourth-order valence-electron chi connectivity index (χ4n) is 0.408. The van der Waals surface area contributed by atoms with Gasteiger partial charge < -0.3 is 0 Å². The molecule has 0 saturated heterocycles. The van der Waals surface area contributed by atoms with Crippen LogP contribution in [0.25, 0.3) is 0 Å². The molecule has 0 fully saturated rings. The van der Waals surface area contributed by atoms with Gasteiger partial charge in [-0.25, -0.2) is 0 Å². The molecule has 0 unspecified atom stereocenters. The molecule has 0 aromatic carbocycles. The molecule has 3 nitrogen and oxygen atoms in total. The molecule has 0 aliphatic heterocycles. The molecule has 0 atom stereocenters. The van der Waals surface area contributed by atoms with Gasteiger partial charge in [0.05, 0.1) is 0 Å². The van der Waals surface area contributed by atoms with Gasteiger partial charge in [0.1, 0.15) is 6.42 Å². The van der Waals surface area contributed by atoms with Gasteiger partial charge >= 0.3 is 22.8 Å². The molecule has 0 aromatic heterocycles. The van der Waals surface area contributed by atoms with E-state index in [1.54, 1.807) is 0 Å². The molecule has 0 amide bonds. The zero-order valence-corrected chi connectivity index (χ0v) is 6.42. The lowest BCUT2D eigenvalue weighted by Gasteiger charge is -2.14. The number of halogens is 6.